The van der Waals surface area contributed by atoms with Crippen LogP contribution in [0.3, 0.4) is 0 Å². The van der Waals surface area contributed by atoms with Crippen molar-refractivity contribution in [3.05, 3.63) is 58.9 Å². The highest BCUT2D eigenvalue weighted by atomic mass is 32.2. The molecule has 1 aromatic heterocycles. The molecule has 0 aliphatic carbocycles. The predicted molar refractivity (Wildman–Crippen MR) is 112 cm³/mol. The van der Waals surface area contributed by atoms with Crippen LogP contribution in [-0.2, 0) is 4.74 Å². The summed E-state index contributed by atoms with van der Waals surface area (Å²) in [7, 11) is 1.61. The Morgan fingerprint density at radius 3 is 2.68 bits per heavy atom. The van der Waals surface area contributed by atoms with Crippen LogP contribution < -0.4 is 10.3 Å². The van der Waals surface area contributed by atoms with Gasteiger partial charge in [0, 0.05) is 25.4 Å². The Balaban J connectivity index is 1.72. The van der Waals surface area contributed by atoms with Gasteiger partial charge in [-0.1, -0.05) is 36.0 Å². The molecule has 2 heterocycles. The van der Waals surface area contributed by atoms with Crippen LogP contribution in [0.4, 0.5) is 0 Å². The van der Waals surface area contributed by atoms with Gasteiger partial charge in [0.25, 0.3) is 5.56 Å². The summed E-state index contributed by atoms with van der Waals surface area (Å²) in [6, 6.07) is 15.0. The van der Waals surface area contributed by atoms with Crippen LogP contribution in [0.2, 0.25) is 0 Å². The van der Waals surface area contributed by atoms with Gasteiger partial charge in [0.05, 0.1) is 36.9 Å². The summed E-state index contributed by atoms with van der Waals surface area (Å²) in [5, 5.41) is 1.28. The summed E-state index contributed by atoms with van der Waals surface area (Å²) in [6.45, 7) is 4.40. The van der Waals surface area contributed by atoms with Crippen molar-refractivity contribution >= 4 is 22.7 Å². The standard InChI is InChI=1S/C21H23N3O3S/c1-26-19-9-5-4-8-18(19)24-20(25)16-6-2-3-7-17(16)22-21(24)28-15-12-23-10-13-27-14-11-23/h2-9H,10-15H2,1H3. The molecule has 0 spiro atoms. The first-order chi connectivity index (χ1) is 13.8. The molecule has 146 valence electrons. The van der Waals surface area contributed by atoms with Crippen LogP contribution in [0.1, 0.15) is 0 Å². The minimum Gasteiger partial charge on any atom is -0.495 e. The first-order valence-corrected chi connectivity index (χ1v) is 10.3. The van der Waals surface area contributed by atoms with Gasteiger partial charge in [-0.3, -0.25) is 14.3 Å². The van der Waals surface area contributed by atoms with Crippen molar-refractivity contribution in [3.63, 3.8) is 0 Å². The van der Waals surface area contributed by atoms with Gasteiger partial charge in [-0.2, -0.15) is 0 Å². The van der Waals surface area contributed by atoms with E-state index in [-0.39, 0.29) is 5.56 Å². The van der Waals surface area contributed by atoms with Gasteiger partial charge < -0.3 is 9.47 Å². The van der Waals surface area contributed by atoms with Crippen LogP contribution in [0.25, 0.3) is 16.6 Å². The molecule has 28 heavy (non-hydrogen) atoms. The molecule has 4 rings (SSSR count). The van der Waals surface area contributed by atoms with E-state index in [1.54, 1.807) is 23.4 Å². The third-order valence-electron chi connectivity index (χ3n) is 4.81. The number of methoxy groups -OCH3 is 1. The lowest BCUT2D eigenvalue weighted by molar-refractivity contribution is 0.0410. The fraction of sp³-hybridized carbons (Fsp3) is 0.333. The van der Waals surface area contributed by atoms with Crippen molar-refractivity contribution in [1.29, 1.82) is 0 Å². The first-order valence-electron chi connectivity index (χ1n) is 9.36. The number of thioether (sulfide) groups is 1. The van der Waals surface area contributed by atoms with Gasteiger partial charge in [-0.25, -0.2) is 4.98 Å². The number of morpholine rings is 1. The number of hydrogen-bond donors (Lipinski definition) is 0. The van der Waals surface area contributed by atoms with Crippen molar-refractivity contribution in [3.8, 4) is 11.4 Å². The predicted octanol–water partition coefficient (Wildman–Crippen LogP) is 2.82. The maximum Gasteiger partial charge on any atom is 0.266 e. The van der Waals surface area contributed by atoms with Crippen molar-refractivity contribution in [1.82, 2.24) is 14.5 Å². The molecule has 2 aromatic carbocycles. The molecule has 0 amide bonds. The molecular weight excluding hydrogens is 374 g/mol. The van der Waals surface area contributed by atoms with Gasteiger partial charge in [0.2, 0.25) is 0 Å². The van der Waals surface area contributed by atoms with Crippen LogP contribution in [-0.4, -0.2) is 60.2 Å². The smallest absolute Gasteiger partial charge is 0.266 e. The fourth-order valence-corrected chi connectivity index (χ4v) is 4.33. The van der Waals surface area contributed by atoms with E-state index in [0.717, 1.165) is 38.6 Å². The number of para-hydroxylation sites is 3. The SMILES string of the molecule is COc1ccccc1-n1c(SCCN2CCOCC2)nc2ccccc2c1=O. The summed E-state index contributed by atoms with van der Waals surface area (Å²) >= 11 is 1.60. The van der Waals surface area contributed by atoms with Gasteiger partial charge in [-0.05, 0) is 24.3 Å². The molecule has 0 radical (unpaired) electrons. The molecule has 0 saturated carbocycles. The Hall–Kier alpha value is -2.35. The van der Waals surface area contributed by atoms with Crippen LogP contribution >= 0.6 is 11.8 Å². The maximum atomic E-state index is 13.3. The number of fused-ring (bicyclic) bond motifs is 1. The minimum absolute atomic E-state index is 0.0797. The third kappa shape index (κ3) is 3.92. The number of rotatable bonds is 6. The minimum atomic E-state index is -0.0797. The summed E-state index contributed by atoms with van der Waals surface area (Å²) in [6.07, 6.45) is 0. The second-order valence-corrected chi connectivity index (χ2v) is 7.59. The Bertz CT molecular complexity index is 1020. The Morgan fingerprint density at radius 2 is 1.86 bits per heavy atom. The van der Waals surface area contributed by atoms with Crippen LogP contribution in [0.5, 0.6) is 5.75 Å². The normalized spacial score (nSPS) is 15.0. The summed E-state index contributed by atoms with van der Waals surface area (Å²) in [5.74, 6) is 1.50. The lowest BCUT2D eigenvalue weighted by Gasteiger charge is -2.26. The topological polar surface area (TPSA) is 56.6 Å². The van der Waals surface area contributed by atoms with Gasteiger partial charge in [0.1, 0.15) is 5.75 Å². The van der Waals surface area contributed by atoms with Gasteiger partial charge >= 0.3 is 0 Å². The van der Waals surface area contributed by atoms with Crippen molar-refractivity contribution < 1.29 is 9.47 Å². The number of ether oxygens (including phenoxy) is 2. The molecule has 1 saturated heterocycles. The zero-order valence-electron chi connectivity index (χ0n) is 15.8. The number of aromatic nitrogens is 2. The average Bonchev–Trinajstić information content (AvgIpc) is 2.75. The van der Waals surface area contributed by atoms with Crippen LogP contribution in [0, 0.1) is 0 Å². The molecule has 1 aliphatic rings. The van der Waals surface area contributed by atoms with E-state index in [9.17, 15) is 4.79 Å². The molecule has 6 nitrogen and oxygen atoms in total. The molecule has 7 heteroatoms. The van der Waals surface area contributed by atoms with Crippen molar-refractivity contribution in [2.24, 2.45) is 0 Å². The van der Waals surface area contributed by atoms with Crippen molar-refractivity contribution in [2.45, 2.75) is 5.16 Å². The lowest BCUT2D eigenvalue weighted by atomic mass is 10.2. The second-order valence-electron chi connectivity index (χ2n) is 6.53. The molecular formula is C21H23N3O3S. The highest BCUT2D eigenvalue weighted by Gasteiger charge is 2.17. The Kier molecular flexibility index (Phi) is 5.95. The summed E-state index contributed by atoms with van der Waals surface area (Å²) < 4.78 is 12.6. The Morgan fingerprint density at radius 1 is 1.11 bits per heavy atom. The Labute approximate surface area is 168 Å². The summed E-state index contributed by atoms with van der Waals surface area (Å²) in [4.78, 5) is 20.5. The van der Waals surface area contributed by atoms with Crippen LogP contribution in [0.15, 0.2) is 58.5 Å². The van der Waals surface area contributed by atoms with Crippen molar-refractivity contribution in [2.75, 3.05) is 45.7 Å². The van der Waals surface area contributed by atoms with E-state index in [2.05, 4.69) is 4.90 Å². The first kappa shape index (κ1) is 19.0. The zero-order valence-corrected chi connectivity index (χ0v) is 16.7. The monoisotopic (exact) mass is 397 g/mol. The van der Waals surface area contributed by atoms with E-state index < -0.39 is 0 Å². The molecule has 0 bridgehead atoms. The highest BCUT2D eigenvalue weighted by Crippen LogP contribution is 2.27. The molecule has 0 N–H and O–H groups in total. The van der Waals surface area contributed by atoms with E-state index in [1.165, 1.54) is 0 Å². The molecule has 0 unspecified atom stereocenters. The lowest BCUT2D eigenvalue weighted by Crippen LogP contribution is -2.37. The fourth-order valence-electron chi connectivity index (χ4n) is 3.33. The zero-order chi connectivity index (χ0) is 19.3. The second kappa shape index (κ2) is 8.77. The molecule has 1 fully saturated rings. The van der Waals surface area contributed by atoms with E-state index in [0.29, 0.717) is 27.5 Å². The summed E-state index contributed by atoms with van der Waals surface area (Å²) in [5.41, 5.74) is 1.35. The van der Waals surface area contributed by atoms with Gasteiger partial charge in [0.15, 0.2) is 5.16 Å². The maximum absolute atomic E-state index is 13.3. The highest BCUT2D eigenvalue weighted by molar-refractivity contribution is 7.99. The molecule has 1 aliphatic heterocycles. The molecule has 3 aromatic rings. The number of benzene rings is 2. The average molecular weight is 398 g/mol. The number of nitrogens with zero attached hydrogens (tertiary/aromatic N) is 3. The number of hydrogen-bond acceptors (Lipinski definition) is 6. The van der Waals surface area contributed by atoms with E-state index in [4.69, 9.17) is 14.5 Å². The van der Waals surface area contributed by atoms with E-state index in [1.807, 2.05) is 48.5 Å². The molecule has 0 atom stereocenters. The largest absolute Gasteiger partial charge is 0.495 e. The third-order valence-corrected chi connectivity index (χ3v) is 5.73. The quantitative estimate of drug-likeness (QED) is 0.471. The van der Waals surface area contributed by atoms with E-state index >= 15 is 0 Å². The van der Waals surface area contributed by atoms with Gasteiger partial charge in [-0.15, -0.1) is 0 Å².